The number of rotatable bonds is 5. The van der Waals surface area contributed by atoms with E-state index in [4.69, 9.17) is 4.42 Å². The molecule has 57 heavy (non-hydrogen) atoms. The average molecular weight is 733 g/mol. The van der Waals surface area contributed by atoms with Crippen molar-refractivity contribution in [3.05, 3.63) is 196 Å². The summed E-state index contributed by atoms with van der Waals surface area (Å²) in [7, 11) is 0. The van der Waals surface area contributed by atoms with Gasteiger partial charge in [-0.15, -0.1) is 0 Å². The largest absolute Gasteiger partial charge is 0.456 e. The van der Waals surface area contributed by atoms with Crippen molar-refractivity contribution >= 4 is 50.2 Å². The molecule has 0 spiro atoms. The first-order valence-electron chi connectivity index (χ1n) is 20.5. The number of hydrogen-bond donors (Lipinski definition) is 0. The van der Waals surface area contributed by atoms with Crippen molar-refractivity contribution in [1.82, 2.24) is 0 Å². The van der Waals surface area contributed by atoms with Gasteiger partial charge in [0.15, 0.2) is 0 Å². The molecule has 0 saturated carbocycles. The van der Waals surface area contributed by atoms with Gasteiger partial charge in [0.05, 0.1) is 0 Å². The topological polar surface area (TPSA) is 13.1 Å². The predicted molar refractivity (Wildman–Crippen MR) is 243 cm³/mol. The minimum atomic E-state index is -0.235. The lowest BCUT2D eigenvalue weighted by atomic mass is 9.79. The van der Waals surface area contributed by atoms with Gasteiger partial charge < -0.3 is 4.42 Å². The van der Waals surface area contributed by atoms with E-state index in [2.05, 4.69) is 179 Å². The normalized spacial score (nSPS) is 15.4. The number of aryl methyl sites for hydroxylation is 2. The number of fused-ring (bicyclic) bond motifs is 7. The average Bonchev–Trinajstić information content (AvgIpc) is 3.74. The smallest absolute Gasteiger partial charge is 0.135 e. The molecule has 0 amide bonds. The monoisotopic (exact) mass is 732 g/mol. The Kier molecular flexibility index (Phi) is 7.60. The molecule has 3 aliphatic rings. The lowest BCUT2D eigenvalue weighted by Crippen LogP contribution is -2.16. The molecule has 11 rings (SSSR count). The molecule has 0 saturated heterocycles. The molecule has 1 nitrogen and oxygen atoms in total. The number of benzene rings is 7. The number of furan rings is 1. The van der Waals surface area contributed by atoms with Gasteiger partial charge in [-0.1, -0.05) is 148 Å². The van der Waals surface area contributed by atoms with E-state index in [1.54, 1.807) is 0 Å². The SMILES string of the molecule is C=CC1=C(c2ccc3oc4c(c3c2C)CCC=C4)c2ccc(-c3c4ccccc4c(-c4cccc(-c5cccc6c5CCC=C6)c4)c4ccccc34)cc2C1(C)C. The molecule has 8 aromatic rings. The maximum absolute atomic E-state index is 6.34. The highest BCUT2D eigenvalue weighted by Crippen LogP contribution is 2.53. The summed E-state index contributed by atoms with van der Waals surface area (Å²) in [5.41, 5.74) is 20.3. The Balaban J connectivity index is 1.09. The molecule has 0 unspecified atom stereocenters. The van der Waals surface area contributed by atoms with Crippen LogP contribution in [0.5, 0.6) is 0 Å². The van der Waals surface area contributed by atoms with E-state index in [1.807, 2.05) is 0 Å². The molecule has 1 heterocycles. The summed E-state index contributed by atoms with van der Waals surface area (Å²) in [6.45, 7) is 11.4. The van der Waals surface area contributed by atoms with Gasteiger partial charge >= 0.3 is 0 Å². The molecule has 0 aliphatic heterocycles. The standard InChI is InChI=1S/C56H44O/c1-5-48-55(39-30-31-51-52(34(39)2)47-25-12-13-27-50(47)57-51)46-29-28-38(33-49(46)56(48,3)4)54-44-23-10-8-21-42(44)53(43-22-9-11-24-45(43)54)37-19-14-18-36(32-37)41-26-15-17-35-16-6-7-20-40(35)41/h5-6,8-11,13-19,21-24,26-33H,1,7,12,20,25H2,2-4H3. The minimum absolute atomic E-state index is 0.235. The van der Waals surface area contributed by atoms with E-state index < -0.39 is 0 Å². The molecule has 1 aromatic heterocycles. The van der Waals surface area contributed by atoms with E-state index in [0.717, 1.165) is 37.0 Å². The van der Waals surface area contributed by atoms with Crippen LogP contribution >= 0.6 is 0 Å². The summed E-state index contributed by atoms with van der Waals surface area (Å²) in [5.74, 6) is 1.01. The third kappa shape index (κ3) is 5.01. The highest BCUT2D eigenvalue weighted by atomic mass is 16.3. The third-order valence-electron chi connectivity index (χ3n) is 13.2. The van der Waals surface area contributed by atoms with E-state index in [1.165, 1.54) is 110 Å². The van der Waals surface area contributed by atoms with Crippen molar-refractivity contribution in [2.75, 3.05) is 0 Å². The number of allylic oxidation sites excluding steroid dienone is 4. The van der Waals surface area contributed by atoms with Crippen LogP contribution in [0.2, 0.25) is 0 Å². The van der Waals surface area contributed by atoms with Crippen molar-refractivity contribution < 1.29 is 4.42 Å². The summed E-state index contributed by atoms with van der Waals surface area (Å²) >= 11 is 0. The fourth-order valence-corrected chi connectivity index (χ4v) is 10.5. The van der Waals surface area contributed by atoms with Crippen LogP contribution in [0, 0.1) is 6.92 Å². The molecule has 274 valence electrons. The summed E-state index contributed by atoms with van der Waals surface area (Å²) in [6, 6.07) is 45.7. The van der Waals surface area contributed by atoms with E-state index in [0.29, 0.717) is 0 Å². The maximum atomic E-state index is 6.34. The lowest BCUT2D eigenvalue weighted by Gasteiger charge is -2.24. The Morgan fingerprint density at radius 2 is 1.23 bits per heavy atom. The second-order valence-electron chi connectivity index (χ2n) is 16.6. The van der Waals surface area contributed by atoms with Crippen LogP contribution in [-0.2, 0) is 18.3 Å². The van der Waals surface area contributed by atoms with Crippen molar-refractivity contribution in [3.63, 3.8) is 0 Å². The highest BCUT2D eigenvalue weighted by Gasteiger charge is 2.38. The first-order chi connectivity index (χ1) is 27.9. The quantitative estimate of drug-likeness (QED) is 0.161. The Bertz CT molecular complexity index is 3060. The van der Waals surface area contributed by atoms with Crippen LogP contribution in [0.15, 0.2) is 156 Å². The predicted octanol–water partition coefficient (Wildman–Crippen LogP) is 15.2. The Morgan fingerprint density at radius 1 is 0.596 bits per heavy atom. The Morgan fingerprint density at radius 3 is 1.95 bits per heavy atom. The van der Waals surface area contributed by atoms with Gasteiger partial charge in [-0.3, -0.25) is 0 Å². The van der Waals surface area contributed by atoms with Crippen LogP contribution in [0.4, 0.5) is 0 Å². The van der Waals surface area contributed by atoms with Crippen LogP contribution in [0.1, 0.15) is 71.4 Å². The zero-order chi connectivity index (χ0) is 38.4. The number of hydrogen-bond acceptors (Lipinski definition) is 1. The molecular formula is C56H44O. The highest BCUT2D eigenvalue weighted by molar-refractivity contribution is 6.21. The van der Waals surface area contributed by atoms with Gasteiger partial charge in [-0.25, -0.2) is 0 Å². The summed E-state index contributed by atoms with van der Waals surface area (Å²) in [5, 5.41) is 6.36. The molecule has 3 aliphatic carbocycles. The lowest BCUT2D eigenvalue weighted by molar-refractivity contribution is 0.595. The van der Waals surface area contributed by atoms with Gasteiger partial charge in [0.25, 0.3) is 0 Å². The first kappa shape index (κ1) is 33.9. The second-order valence-corrected chi connectivity index (χ2v) is 16.6. The van der Waals surface area contributed by atoms with Crippen LogP contribution in [-0.4, -0.2) is 0 Å². The van der Waals surface area contributed by atoms with Crippen LogP contribution in [0.3, 0.4) is 0 Å². The fourth-order valence-electron chi connectivity index (χ4n) is 10.5. The Labute approximate surface area is 335 Å². The third-order valence-corrected chi connectivity index (χ3v) is 13.2. The maximum Gasteiger partial charge on any atom is 0.135 e. The van der Waals surface area contributed by atoms with Gasteiger partial charge in [-0.2, -0.15) is 0 Å². The van der Waals surface area contributed by atoms with Gasteiger partial charge in [0.1, 0.15) is 11.3 Å². The Hall–Kier alpha value is -6.44. The molecule has 0 atom stereocenters. The molecule has 1 heteroatoms. The van der Waals surface area contributed by atoms with Crippen LogP contribution < -0.4 is 0 Å². The van der Waals surface area contributed by atoms with E-state index >= 15 is 0 Å². The first-order valence-corrected chi connectivity index (χ1v) is 20.5. The van der Waals surface area contributed by atoms with Crippen molar-refractivity contribution in [2.45, 2.75) is 51.9 Å². The molecule has 0 radical (unpaired) electrons. The molecule has 0 bridgehead atoms. The molecule has 0 N–H and O–H groups in total. The summed E-state index contributed by atoms with van der Waals surface area (Å²) < 4.78 is 6.34. The van der Waals surface area contributed by atoms with Crippen molar-refractivity contribution in [3.8, 4) is 33.4 Å². The van der Waals surface area contributed by atoms with Gasteiger partial charge in [0, 0.05) is 16.4 Å². The molecule has 0 fully saturated rings. The second kappa shape index (κ2) is 12.8. The van der Waals surface area contributed by atoms with Gasteiger partial charge in [-0.05, 0) is 156 Å². The zero-order valence-electron chi connectivity index (χ0n) is 32.9. The van der Waals surface area contributed by atoms with Crippen LogP contribution in [0.25, 0.3) is 83.6 Å². The van der Waals surface area contributed by atoms with E-state index in [9.17, 15) is 0 Å². The summed E-state index contributed by atoms with van der Waals surface area (Å²) in [4.78, 5) is 0. The van der Waals surface area contributed by atoms with Gasteiger partial charge in [0.2, 0.25) is 0 Å². The van der Waals surface area contributed by atoms with E-state index in [-0.39, 0.29) is 5.41 Å². The fraction of sp³-hybridized carbons (Fsp3) is 0.143. The molecular weight excluding hydrogens is 689 g/mol. The summed E-state index contributed by atoms with van der Waals surface area (Å²) in [6.07, 6.45) is 15.3. The molecule has 7 aromatic carbocycles. The van der Waals surface area contributed by atoms with Crippen molar-refractivity contribution in [2.24, 2.45) is 0 Å². The minimum Gasteiger partial charge on any atom is -0.456 e. The zero-order valence-corrected chi connectivity index (χ0v) is 32.9. The van der Waals surface area contributed by atoms with Crippen molar-refractivity contribution in [1.29, 1.82) is 0 Å².